The lowest BCUT2D eigenvalue weighted by Gasteiger charge is -2.13. The van der Waals surface area contributed by atoms with Crippen LogP contribution in [0.5, 0.6) is 0 Å². The van der Waals surface area contributed by atoms with E-state index in [0.717, 1.165) is 6.54 Å². The molecular weight excluding hydrogens is 299 g/mol. The van der Waals surface area contributed by atoms with E-state index in [-0.39, 0.29) is 0 Å². The van der Waals surface area contributed by atoms with Gasteiger partial charge in [0.05, 0.1) is 0 Å². The molecule has 1 aromatic carbocycles. The van der Waals surface area contributed by atoms with Gasteiger partial charge in [-0.25, -0.2) is 0 Å². The zero-order valence-electron chi connectivity index (χ0n) is 9.02. The number of hydrogen-bond donors (Lipinski definition) is 2. The zero-order chi connectivity index (χ0) is 10.7. The third-order valence-corrected chi connectivity index (χ3v) is 4.05. The fourth-order valence-electron chi connectivity index (χ4n) is 1.87. The van der Waals surface area contributed by atoms with Crippen LogP contribution >= 0.6 is 22.6 Å². The van der Waals surface area contributed by atoms with E-state index in [9.17, 15) is 0 Å². The average Bonchev–Trinajstić information content (AvgIpc) is 2.73. The number of rotatable bonds is 3. The van der Waals surface area contributed by atoms with Crippen LogP contribution in [0, 0.1) is 10.5 Å². The van der Waals surface area contributed by atoms with Crippen LogP contribution in [0.1, 0.15) is 18.4 Å². The molecular formula is C12H17IN2. The lowest BCUT2D eigenvalue weighted by atomic mass is 10.2. The van der Waals surface area contributed by atoms with Crippen molar-refractivity contribution in [3.8, 4) is 0 Å². The van der Waals surface area contributed by atoms with Crippen molar-refractivity contribution < 1.29 is 0 Å². The fourth-order valence-corrected chi connectivity index (χ4v) is 2.39. The van der Waals surface area contributed by atoms with Crippen LogP contribution in [0.15, 0.2) is 18.2 Å². The molecule has 15 heavy (non-hydrogen) atoms. The van der Waals surface area contributed by atoms with Gasteiger partial charge in [-0.1, -0.05) is 6.07 Å². The molecule has 0 bridgehead atoms. The van der Waals surface area contributed by atoms with Gasteiger partial charge in [0.1, 0.15) is 0 Å². The molecule has 1 heterocycles. The summed E-state index contributed by atoms with van der Waals surface area (Å²) in [5, 5.41) is 6.98. The molecule has 0 amide bonds. The maximum absolute atomic E-state index is 3.49. The summed E-state index contributed by atoms with van der Waals surface area (Å²) in [6.45, 7) is 4.36. The van der Waals surface area contributed by atoms with E-state index in [0.29, 0.717) is 6.04 Å². The minimum absolute atomic E-state index is 0.656. The summed E-state index contributed by atoms with van der Waals surface area (Å²) in [5.41, 5.74) is 2.58. The van der Waals surface area contributed by atoms with E-state index in [1.54, 1.807) is 0 Å². The third-order valence-electron chi connectivity index (χ3n) is 2.89. The van der Waals surface area contributed by atoms with Gasteiger partial charge in [-0.3, -0.25) is 0 Å². The minimum atomic E-state index is 0.656. The Kier molecular flexibility index (Phi) is 3.86. The summed E-state index contributed by atoms with van der Waals surface area (Å²) in [6.07, 6.45) is 2.62. The Hall–Kier alpha value is -0.290. The fraction of sp³-hybridized carbons (Fsp3) is 0.500. The molecule has 1 aliphatic rings. The van der Waals surface area contributed by atoms with Gasteiger partial charge in [0.2, 0.25) is 0 Å². The van der Waals surface area contributed by atoms with E-state index in [1.807, 2.05) is 0 Å². The Bertz CT molecular complexity index is 332. The van der Waals surface area contributed by atoms with E-state index in [2.05, 4.69) is 58.3 Å². The molecule has 0 radical (unpaired) electrons. The largest absolute Gasteiger partial charge is 0.383 e. The Labute approximate surface area is 105 Å². The van der Waals surface area contributed by atoms with Gasteiger partial charge < -0.3 is 10.6 Å². The van der Waals surface area contributed by atoms with Crippen molar-refractivity contribution in [1.29, 1.82) is 0 Å². The van der Waals surface area contributed by atoms with Gasteiger partial charge in [0, 0.05) is 21.8 Å². The first-order valence-electron chi connectivity index (χ1n) is 5.49. The molecule has 0 spiro atoms. The van der Waals surface area contributed by atoms with Crippen molar-refractivity contribution in [2.24, 2.45) is 0 Å². The van der Waals surface area contributed by atoms with E-state index in [4.69, 9.17) is 0 Å². The monoisotopic (exact) mass is 316 g/mol. The maximum Gasteiger partial charge on any atom is 0.0351 e. The Morgan fingerprint density at radius 2 is 2.40 bits per heavy atom. The molecule has 2 N–H and O–H groups in total. The first kappa shape index (κ1) is 11.2. The average molecular weight is 316 g/mol. The molecule has 0 aliphatic carbocycles. The second kappa shape index (κ2) is 5.16. The molecule has 1 unspecified atom stereocenters. The van der Waals surface area contributed by atoms with Gasteiger partial charge >= 0.3 is 0 Å². The van der Waals surface area contributed by atoms with Crippen LogP contribution < -0.4 is 10.6 Å². The number of aryl methyl sites for hydroxylation is 1. The molecule has 1 saturated heterocycles. The molecule has 1 aliphatic heterocycles. The molecule has 1 fully saturated rings. The number of nitrogens with one attached hydrogen (secondary N) is 2. The lowest BCUT2D eigenvalue weighted by Crippen LogP contribution is -2.29. The predicted molar refractivity (Wildman–Crippen MR) is 73.4 cm³/mol. The molecule has 0 saturated carbocycles. The molecule has 1 atom stereocenters. The quantitative estimate of drug-likeness (QED) is 0.838. The Balaban J connectivity index is 1.90. The SMILES string of the molecule is Cc1ccc(NCC2CCCN2)cc1I. The van der Waals surface area contributed by atoms with Gasteiger partial charge in [0.15, 0.2) is 0 Å². The van der Waals surface area contributed by atoms with Crippen LogP contribution in [0.2, 0.25) is 0 Å². The van der Waals surface area contributed by atoms with E-state index >= 15 is 0 Å². The molecule has 82 valence electrons. The molecule has 2 nitrogen and oxygen atoms in total. The smallest absolute Gasteiger partial charge is 0.0351 e. The van der Waals surface area contributed by atoms with Gasteiger partial charge in [-0.2, -0.15) is 0 Å². The number of benzene rings is 1. The highest BCUT2D eigenvalue weighted by Crippen LogP contribution is 2.17. The van der Waals surface area contributed by atoms with Crippen LogP contribution in [-0.4, -0.2) is 19.1 Å². The van der Waals surface area contributed by atoms with Crippen molar-refractivity contribution in [3.63, 3.8) is 0 Å². The highest BCUT2D eigenvalue weighted by atomic mass is 127. The third kappa shape index (κ3) is 3.08. The molecule has 1 aromatic rings. The van der Waals surface area contributed by atoms with Crippen LogP contribution in [0.3, 0.4) is 0 Å². The van der Waals surface area contributed by atoms with Crippen LogP contribution in [-0.2, 0) is 0 Å². The minimum Gasteiger partial charge on any atom is -0.383 e. The van der Waals surface area contributed by atoms with Crippen molar-refractivity contribution in [3.05, 3.63) is 27.3 Å². The summed E-state index contributed by atoms with van der Waals surface area (Å²) >= 11 is 2.38. The van der Waals surface area contributed by atoms with E-state index < -0.39 is 0 Å². The van der Waals surface area contributed by atoms with Crippen molar-refractivity contribution >= 4 is 28.3 Å². The van der Waals surface area contributed by atoms with Gasteiger partial charge in [-0.15, -0.1) is 0 Å². The maximum atomic E-state index is 3.49. The first-order chi connectivity index (χ1) is 7.25. The standard InChI is InChI=1S/C12H17IN2/c1-9-4-5-10(7-12(9)13)15-8-11-3-2-6-14-11/h4-5,7,11,14-15H,2-3,6,8H2,1H3. The highest BCUT2D eigenvalue weighted by Gasteiger charge is 2.12. The van der Waals surface area contributed by atoms with E-state index in [1.165, 1.54) is 34.2 Å². The van der Waals surface area contributed by atoms with Gasteiger partial charge in [-0.05, 0) is 66.6 Å². The summed E-state index contributed by atoms with van der Waals surface area (Å²) < 4.78 is 1.33. The number of anilines is 1. The normalized spacial score (nSPS) is 20.5. The summed E-state index contributed by atoms with van der Waals surface area (Å²) in [4.78, 5) is 0. The highest BCUT2D eigenvalue weighted by molar-refractivity contribution is 14.1. The second-order valence-electron chi connectivity index (χ2n) is 4.14. The summed E-state index contributed by atoms with van der Waals surface area (Å²) in [5.74, 6) is 0. The van der Waals surface area contributed by atoms with Crippen molar-refractivity contribution in [2.45, 2.75) is 25.8 Å². The zero-order valence-corrected chi connectivity index (χ0v) is 11.2. The Morgan fingerprint density at radius 1 is 1.53 bits per heavy atom. The van der Waals surface area contributed by atoms with Crippen molar-refractivity contribution in [1.82, 2.24) is 5.32 Å². The summed E-state index contributed by atoms with van der Waals surface area (Å²) in [7, 11) is 0. The van der Waals surface area contributed by atoms with Crippen LogP contribution in [0.4, 0.5) is 5.69 Å². The van der Waals surface area contributed by atoms with Gasteiger partial charge in [0.25, 0.3) is 0 Å². The number of hydrogen-bond acceptors (Lipinski definition) is 2. The topological polar surface area (TPSA) is 24.1 Å². The molecule has 0 aromatic heterocycles. The molecule has 2 rings (SSSR count). The van der Waals surface area contributed by atoms with Crippen LogP contribution in [0.25, 0.3) is 0 Å². The van der Waals surface area contributed by atoms with Crippen molar-refractivity contribution in [2.75, 3.05) is 18.4 Å². The number of halogens is 1. The predicted octanol–water partition coefficient (Wildman–Crippen LogP) is 2.76. The first-order valence-corrected chi connectivity index (χ1v) is 6.57. The Morgan fingerprint density at radius 3 is 3.07 bits per heavy atom. The second-order valence-corrected chi connectivity index (χ2v) is 5.30. The summed E-state index contributed by atoms with van der Waals surface area (Å²) in [6, 6.07) is 7.20. The lowest BCUT2D eigenvalue weighted by molar-refractivity contribution is 0.633. The molecule has 3 heteroatoms.